The third-order valence-corrected chi connectivity index (χ3v) is 3.51. The summed E-state index contributed by atoms with van der Waals surface area (Å²) in [5.41, 5.74) is 0.877. The number of hydrogen-bond acceptors (Lipinski definition) is 4. The molecule has 1 atom stereocenters. The topological polar surface area (TPSA) is 58.0 Å². The number of halogens is 1. The largest absolute Gasteiger partial charge is 0.387 e. The van der Waals surface area contributed by atoms with Crippen molar-refractivity contribution in [1.29, 1.82) is 0 Å². The van der Waals surface area contributed by atoms with E-state index in [2.05, 4.69) is 15.3 Å². The summed E-state index contributed by atoms with van der Waals surface area (Å²) in [5, 5.41) is 13.7. The molecule has 0 radical (unpaired) electrons. The fourth-order valence-electron chi connectivity index (χ4n) is 2.04. The summed E-state index contributed by atoms with van der Waals surface area (Å²) in [6, 6.07) is 11.2. The van der Waals surface area contributed by atoms with Crippen molar-refractivity contribution in [1.82, 2.24) is 9.97 Å². The van der Waals surface area contributed by atoms with Gasteiger partial charge in [-0.05, 0) is 18.4 Å². The number of nitrogens with zero attached hydrogens (tertiary/aromatic N) is 2. The van der Waals surface area contributed by atoms with Gasteiger partial charge < -0.3 is 10.4 Å². The van der Waals surface area contributed by atoms with Crippen LogP contribution in [-0.4, -0.2) is 21.6 Å². The van der Waals surface area contributed by atoms with Crippen LogP contribution >= 0.6 is 11.6 Å². The fraction of sp³-hybridized carbons (Fsp3) is 0.333. The fourth-order valence-corrected chi connectivity index (χ4v) is 2.23. The van der Waals surface area contributed by atoms with Crippen molar-refractivity contribution in [2.75, 3.05) is 11.9 Å². The van der Waals surface area contributed by atoms with Gasteiger partial charge in [0.15, 0.2) is 0 Å². The molecule has 4 nitrogen and oxygen atoms in total. The molecule has 2 aromatic rings. The van der Waals surface area contributed by atoms with Gasteiger partial charge in [0.2, 0.25) is 0 Å². The average Bonchev–Trinajstić information content (AvgIpc) is 3.30. The maximum absolute atomic E-state index is 10.1. The summed E-state index contributed by atoms with van der Waals surface area (Å²) >= 11 is 6.00. The van der Waals surface area contributed by atoms with Crippen LogP contribution in [0.2, 0.25) is 5.15 Å². The second-order valence-corrected chi connectivity index (χ2v) is 5.40. The number of hydrogen-bond donors (Lipinski definition) is 2. The van der Waals surface area contributed by atoms with Gasteiger partial charge in [-0.15, -0.1) is 0 Å². The van der Waals surface area contributed by atoms with Gasteiger partial charge in [0.05, 0.1) is 6.10 Å². The number of benzene rings is 1. The SMILES string of the molecule is OC(CNc1cc(Cl)nc(C2CC2)n1)c1ccccc1. The Kier molecular flexibility index (Phi) is 3.85. The number of anilines is 1. The van der Waals surface area contributed by atoms with E-state index in [4.69, 9.17) is 11.6 Å². The molecule has 0 bridgehead atoms. The first kappa shape index (κ1) is 13.3. The molecule has 1 aliphatic carbocycles. The highest BCUT2D eigenvalue weighted by Gasteiger charge is 2.27. The predicted octanol–water partition coefficient (Wildman–Crippen LogP) is 3.15. The third-order valence-electron chi connectivity index (χ3n) is 3.32. The van der Waals surface area contributed by atoms with E-state index in [0.29, 0.717) is 23.4 Å². The number of aliphatic hydroxyl groups is 1. The van der Waals surface area contributed by atoms with Crippen LogP contribution < -0.4 is 5.32 Å². The summed E-state index contributed by atoms with van der Waals surface area (Å²) < 4.78 is 0. The maximum Gasteiger partial charge on any atom is 0.135 e. The van der Waals surface area contributed by atoms with Crippen LogP contribution in [0.15, 0.2) is 36.4 Å². The Bertz CT molecular complexity index is 587. The lowest BCUT2D eigenvalue weighted by Gasteiger charge is -2.13. The lowest BCUT2D eigenvalue weighted by atomic mass is 10.1. The molecular weight excluding hydrogens is 274 g/mol. The average molecular weight is 290 g/mol. The van der Waals surface area contributed by atoms with E-state index in [9.17, 15) is 5.11 Å². The minimum Gasteiger partial charge on any atom is -0.387 e. The highest BCUT2D eigenvalue weighted by Crippen LogP contribution is 2.38. The lowest BCUT2D eigenvalue weighted by molar-refractivity contribution is 0.191. The van der Waals surface area contributed by atoms with Crippen molar-refractivity contribution in [3.05, 3.63) is 52.9 Å². The molecule has 1 heterocycles. The Labute approximate surface area is 122 Å². The standard InChI is InChI=1S/C15H16ClN3O/c16-13-8-14(19-15(18-13)11-6-7-11)17-9-12(20)10-4-2-1-3-5-10/h1-5,8,11-12,20H,6-7,9H2,(H,17,18,19). The monoisotopic (exact) mass is 289 g/mol. The van der Waals surface area contributed by atoms with E-state index in [0.717, 1.165) is 24.2 Å². The molecule has 1 aliphatic rings. The first-order chi connectivity index (χ1) is 9.72. The van der Waals surface area contributed by atoms with E-state index in [1.807, 2.05) is 30.3 Å². The van der Waals surface area contributed by atoms with Gasteiger partial charge >= 0.3 is 0 Å². The first-order valence-corrected chi connectivity index (χ1v) is 7.11. The molecule has 1 unspecified atom stereocenters. The molecule has 0 aliphatic heterocycles. The van der Waals surface area contributed by atoms with Gasteiger partial charge in [-0.2, -0.15) is 0 Å². The van der Waals surface area contributed by atoms with Gasteiger partial charge in [-0.1, -0.05) is 41.9 Å². The Morgan fingerprint density at radius 1 is 1.25 bits per heavy atom. The third kappa shape index (κ3) is 3.26. The number of aliphatic hydroxyl groups excluding tert-OH is 1. The van der Waals surface area contributed by atoms with Crippen molar-refractivity contribution in [3.8, 4) is 0 Å². The number of aromatic nitrogens is 2. The van der Waals surface area contributed by atoms with E-state index < -0.39 is 6.10 Å². The van der Waals surface area contributed by atoms with Crippen molar-refractivity contribution in [2.45, 2.75) is 24.9 Å². The zero-order chi connectivity index (χ0) is 13.9. The zero-order valence-electron chi connectivity index (χ0n) is 11.0. The molecule has 3 rings (SSSR count). The predicted molar refractivity (Wildman–Crippen MR) is 78.9 cm³/mol. The zero-order valence-corrected chi connectivity index (χ0v) is 11.7. The van der Waals surface area contributed by atoms with Crippen LogP contribution in [0.5, 0.6) is 0 Å². The minimum atomic E-state index is -0.575. The molecule has 104 valence electrons. The molecule has 1 aromatic carbocycles. The molecule has 5 heteroatoms. The normalized spacial score (nSPS) is 15.9. The van der Waals surface area contributed by atoms with Crippen LogP contribution in [0.4, 0.5) is 5.82 Å². The van der Waals surface area contributed by atoms with Crippen LogP contribution in [0.3, 0.4) is 0 Å². The van der Waals surface area contributed by atoms with Gasteiger partial charge in [-0.3, -0.25) is 0 Å². The summed E-state index contributed by atoms with van der Waals surface area (Å²) in [4.78, 5) is 8.68. The maximum atomic E-state index is 10.1. The van der Waals surface area contributed by atoms with Crippen LogP contribution in [0.1, 0.15) is 36.3 Å². The quantitative estimate of drug-likeness (QED) is 0.830. The molecule has 1 fully saturated rings. The molecule has 0 saturated heterocycles. The molecule has 2 N–H and O–H groups in total. The van der Waals surface area contributed by atoms with E-state index in [-0.39, 0.29) is 0 Å². The van der Waals surface area contributed by atoms with Crippen LogP contribution in [0, 0.1) is 0 Å². The molecule has 20 heavy (non-hydrogen) atoms. The van der Waals surface area contributed by atoms with Crippen molar-refractivity contribution >= 4 is 17.4 Å². The lowest BCUT2D eigenvalue weighted by Crippen LogP contribution is -2.13. The van der Waals surface area contributed by atoms with Gasteiger partial charge in [0.1, 0.15) is 16.8 Å². The van der Waals surface area contributed by atoms with Gasteiger partial charge in [0.25, 0.3) is 0 Å². The van der Waals surface area contributed by atoms with E-state index >= 15 is 0 Å². The highest BCUT2D eigenvalue weighted by atomic mass is 35.5. The Morgan fingerprint density at radius 3 is 2.70 bits per heavy atom. The molecular formula is C15H16ClN3O. The Morgan fingerprint density at radius 2 is 2.00 bits per heavy atom. The Balaban J connectivity index is 1.66. The number of nitrogens with one attached hydrogen (secondary N) is 1. The second kappa shape index (κ2) is 5.77. The van der Waals surface area contributed by atoms with Crippen molar-refractivity contribution in [2.24, 2.45) is 0 Å². The summed E-state index contributed by atoms with van der Waals surface area (Å²) in [6.07, 6.45) is 1.69. The summed E-state index contributed by atoms with van der Waals surface area (Å²) in [7, 11) is 0. The summed E-state index contributed by atoms with van der Waals surface area (Å²) in [5.74, 6) is 1.92. The van der Waals surface area contributed by atoms with Crippen molar-refractivity contribution in [3.63, 3.8) is 0 Å². The molecule has 1 saturated carbocycles. The van der Waals surface area contributed by atoms with Crippen molar-refractivity contribution < 1.29 is 5.11 Å². The minimum absolute atomic E-state index is 0.390. The van der Waals surface area contributed by atoms with Crippen LogP contribution in [0.25, 0.3) is 0 Å². The number of rotatable bonds is 5. The Hall–Kier alpha value is -1.65. The molecule has 0 spiro atoms. The molecule has 1 aromatic heterocycles. The van der Waals surface area contributed by atoms with Crippen LogP contribution in [-0.2, 0) is 0 Å². The van der Waals surface area contributed by atoms with Gasteiger partial charge in [0, 0.05) is 18.5 Å². The molecule has 0 amide bonds. The van der Waals surface area contributed by atoms with E-state index in [1.54, 1.807) is 6.07 Å². The van der Waals surface area contributed by atoms with Gasteiger partial charge in [-0.25, -0.2) is 9.97 Å². The first-order valence-electron chi connectivity index (χ1n) is 6.74. The van der Waals surface area contributed by atoms with E-state index in [1.165, 1.54) is 0 Å². The second-order valence-electron chi connectivity index (χ2n) is 5.02. The summed E-state index contributed by atoms with van der Waals surface area (Å²) in [6.45, 7) is 0.390. The smallest absolute Gasteiger partial charge is 0.135 e. The highest BCUT2D eigenvalue weighted by molar-refractivity contribution is 6.29.